The lowest BCUT2D eigenvalue weighted by Gasteiger charge is -2.14. The standard InChI is InChI=1S/C20H14F3N3O3/c1-11(20-14(22)6-13(21)7-15(20)23)26-10-12(9-24-26)5-17(27)16-8-19(29-25-16)18-3-2-4-28-18/h2-4,6-11H,5H2,1H3. The number of hydrogen-bond donors (Lipinski definition) is 0. The van der Waals surface area contributed by atoms with Crippen LogP contribution in [0.3, 0.4) is 0 Å². The van der Waals surface area contributed by atoms with E-state index in [4.69, 9.17) is 8.94 Å². The maximum absolute atomic E-state index is 14.0. The third-order valence-corrected chi connectivity index (χ3v) is 4.44. The maximum atomic E-state index is 14.0. The summed E-state index contributed by atoms with van der Waals surface area (Å²) < 4.78 is 52.7. The zero-order chi connectivity index (χ0) is 20.5. The van der Waals surface area contributed by atoms with Gasteiger partial charge in [-0.3, -0.25) is 9.48 Å². The van der Waals surface area contributed by atoms with Gasteiger partial charge in [0.05, 0.1) is 18.5 Å². The van der Waals surface area contributed by atoms with Crippen LogP contribution in [0.5, 0.6) is 0 Å². The number of rotatable bonds is 6. The summed E-state index contributed by atoms with van der Waals surface area (Å²) in [6, 6.07) is 5.22. The number of carbonyl (C=O) groups is 1. The fourth-order valence-corrected chi connectivity index (χ4v) is 2.98. The fourth-order valence-electron chi connectivity index (χ4n) is 2.98. The number of halogens is 3. The SMILES string of the molecule is CC(c1c(F)cc(F)cc1F)n1cc(CC(=O)c2cc(-c3ccco3)on2)cn1. The van der Waals surface area contributed by atoms with Crippen molar-refractivity contribution >= 4 is 5.78 Å². The topological polar surface area (TPSA) is 74.1 Å². The van der Waals surface area contributed by atoms with Gasteiger partial charge in [-0.05, 0) is 24.6 Å². The molecule has 0 amide bonds. The molecule has 0 radical (unpaired) electrons. The molecular formula is C20H14F3N3O3. The first kappa shape index (κ1) is 18.7. The van der Waals surface area contributed by atoms with Crippen molar-refractivity contribution in [3.8, 4) is 11.5 Å². The van der Waals surface area contributed by atoms with Crippen LogP contribution in [0, 0.1) is 17.5 Å². The Kier molecular flexibility index (Phi) is 4.79. The lowest BCUT2D eigenvalue weighted by Crippen LogP contribution is -2.12. The van der Waals surface area contributed by atoms with Crippen LogP contribution in [0.1, 0.15) is 34.6 Å². The lowest BCUT2D eigenvalue weighted by molar-refractivity contribution is 0.0984. The highest BCUT2D eigenvalue weighted by molar-refractivity contribution is 5.96. The number of Topliss-reactive ketones (excluding diaryl/α,β-unsaturated/α-hetero) is 1. The molecule has 0 spiro atoms. The lowest BCUT2D eigenvalue weighted by atomic mass is 10.1. The molecule has 0 aliphatic heterocycles. The van der Waals surface area contributed by atoms with Crippen LogP contribution in [-0.4, -0.2) is 20.7 Å². The number of nitrogens with zero attached hydrogens (tertiary/aromatic N) is 3. The molecule has 9 heteroatoms. The minimum Gasteiger partial charge on any atom is -0.461 e. The van der Waals surface area contributed by atoms with Crippen LogP contribution in [0.25, 0.3) is 11.5 Å². The molecule has 6 nitrogen and oxygen atoms in total. The Balaban J connectivity index is 1.50. The van der Waals surface area contributed by atoms with Crippen LogP contribution in [0.15, 0.2) is 57.9 Å². The van der Waals surface area contributed by atoms with E-state index in [0.29, 0.717) is 29.2 Å². The van der Waals surface area contributed by atoms with Gasteiger partial charge in [-0.25, -0.2) is 13.2 Å². The third kappa shape index (κ3) is 3.71. The summed E-state index contributed by atoms with van der Waals surface area (Å²) in [5, 5.41) is 7.81. The molecule has 0 fully saturated rings. The second-order valence-corrected chi connectivity index (χ2v) is 6.44. The van der Waals surface area contributed by atoms with Crippen molar-refractivity contribution in [1.82, 2.24) is 14.9 Å². The average Bonchev–Trinajstić information content (AvgIpc) is 3.41. The number of carbonyl (C=O) groups excluding carboxylic acids is 1. The van der Waals surface area contributed by atoms with E-state index >= 15 is 0 Å². The van der Waals surface area contributed by atoms with E-state index in [9.17, 15) is 18.0 Å². The van der Waals surface area contributed by atoms with Crippen LogP contribution >= 0.6 is 0 Å². The van der Waals surface area contributed by atoms with Gasteiger partial charge in [-0.2, -0.15) is 5.10 Å². The molecule has 3 heterocycles. The number of aromatic nitrogens is 3. The minimum atomic E-state index is -1.00. The molecule has 4 aromatic rings. The Morgan fingerprint density at radius 3 is 2.62 bits per heavy atom. The highest BCUT2D eigenvalue weighted by atomic mass is 19.1. The molecule has 148 valence electrons. The normalized spacial score (nSPS) is 12.3. The summed E-state index contributed by atoms with van der Waals surface area (Å²) in [4.78, 5) is 12.4. The van der Waals surface area contributed by atoms with E-state index in [1.165, 1.54) is 36.3 Å². The van der Waals surface area contributed by atoms with Crippen LogP contribution in [-0.2, 0) is 6.42 Å². The molecule has 1 atom stereocenters. The van der Waals surface area contributed by atoms with Gasteiger partial charge in [-0.1, -0.05) is 5.16 Å². The summed E-state index contributed by atoms with van der Waals surface area (Å²) in [6.07, 6.45) is 4.35. The maximum Gasteiger partial charge on any atom is 0.202 e. The first-order valence-corrected chi connectivity index (χ1v) is 8.63. The number of furan rings is 1. The Hall–Kier alpha value is -3.62. The zero-order valence-electron chi connectivity index (χ0n) is 15.1. The molecule has 0 saturated carbocycles. The highest BCUT2D eigenvalue weighted by Crippen LogP contribution is 2.25. The van der Waals surface area contributed by atoms with E-state index in [2.05, 4.69) is 10.3 Å². The first-order valence-electron chi connectivity index (χ1n) is 8.63. The Morgan fingerprint density at radius 1 is 1.17 bits per heavy atom. The van der Waals surface area contributed by atoms with Gasteiger partial charge in [-0.15, -0.1) is 0 Å². The van der Waals surface area contributed by atoms with Gasteiger partial charge >= 0.3 is 0 Å². The van der Waals surface area contributed by atoms with Crippen molar-refractivity contribution in [2.45, 2.75) is 19.4 Å². The number of hydrogen-bond acceptors (Lipinski definition) is 5. The largest absolute Gasteiger partial charge is 0.461 e. The number of ketones is 1. The van der Waals surface area contributed by atoms with E-state index in [1.54, 1.807) is 12.1 Å². The zero-order valence-corrected chi connectivity index (χ0v) is 15.1. The molecule has 0 saturated heterocycles. The van der Waals surface area contributed by atoms with Gasteiger partial charge in [0.15, 0.2) is 17.2 Å². The summed E-state index contributed by atoms with van der Waals surface area (Å²) >= 11 is 0. The average molecular weight is 401 g/mol. The molecule has 29 heavy (non-hydrogen) atoms. The molecule has 0 aliphatic carbocycles. The molecule has 0 bridgehead atoms. The summed E-state index contributed by atoms with van der Waals surface area (Å²) in [5.74, 6) is -2.55. The number of benzene rings is 1. The predicted octanol–water partition coefficient (Wildman–Crippen LogP) is 4.58. The van der Waals surface area contributed by atoms with Crippen molar-refractivity contribution in [3.63, 3.8) is 0 Å². The second kappa shape index (κ2) is 7.42. The molecule has 1 aromatic carbocycles. The van der Waals surface area contributed by atoms with E-state index in [0.717, 1.165) is 0 Å². The minimum absolute atomic E-state index is 0.0365. The van der Waals surface area contributed by atoms with Crippen LogP contribution < -0.4 is 0 Å². The van der Waals surface area contributed by atoms with Crippen molar-refractivity contribution in [3.05, 3.63) is 83.3 Å². The van der Waals surface area contributed by atoms with Crippen molar-refractivity contribution < 1.29 is 26.9 Å². The monoisotopic (exact) mass is 401 g/mol. The summed E-state index contributed by atoms with van der Waals surface area (Å²) in [7, 11) is 0. The highest BCUT2D eigenvalue weighted by Gasteiger charge is 2.21. The molecule has 4 rings (SSSR count). The molecule has 3 aromatic heterocycles. The quantitative estimate of drug-likeness (QED) is 0.442. The van der Waals surface area contributed by atoms with Crippen LogP contribution in [0.4, 0.5) is 13.2 Å². The first-order chi connectivity index (χ1) is 13.9. The van der Waals surface area contributed by atoms with Gasteiger partial charge < -0.3 is 8.94 Å². The summed E-state index contributed by atoms with van der Waals surface area (Å²) in [5.41, 5.74) is 0.326. The second-order valence-electron chi connectivity index (χ2n) is 6.44. The van der Waals surface area contributed by atoms with Gasteiger partial charge in [0.2, 0.25) is 5.76 Å². The fraction of sp³-hybridized carbons (Fsp3) is 0.150. The Morgan fingerprint density at radius 2 is 1.93 bits per heavy atom. The third-order valence-electron chi connectivity index (χ3n) is 4.44. The summed E-state index contributed by atoms with van der Waals surface area (Å²) in [6.45, 7) is 1.52. The molecule has 0 N–H and O–H groups in total. The van der Waals surface area contributed by atoms with Crippen molar-refractivity contribution in [2.75, 3.05) is 0 Å². The van der Waals surface area contributed by atoms with Gasteiger partial charge in [0.25, 0.3) is 0 Å². The van der Waals surface area contributed by atoms with Crippen molar-refractivity contribution in [2.24, 2.45) is 0 Å². The molecular weight excluding hydrogens is 387 g/mol. The smallest absolute Gasteiger partial charge is 0.202 e. The Bertz CT molecular complexity index is 1140. The van der Waals surface area contributed by atoms with Gasteiger partial charge in [0.1, 0.15) is 17.5 Å². The van der Waals surface area contributed by atoms with Gasteiger partial charge in [0, 0.05) is 36.4 Å². The van der Waals surface area contributed by atoms with Crippen molar-refractivity contribution in [1.29, 1.82) is 0 Å². The van der Waals surface area contributed by atoms with E-state index in [-0.39, 0.29) is 23.5 Å². The van der Waals surface area contributed by atoms with Crippen LogP contribution in [0.2, 0.25) is 0 Å². The Labute approximate surface area is 162 Å². The predicted molar refractivity (Wildman–Crippen MR) is 94.6 cm³/mol. The van der Waals surface area contributed by atoms with E-state index in [1.807, 2.05) is 0 Å². The molecule has 1 unspecified atom stereocenters. The molecule has 0 aliphatic rings. The van der Waals surface area contributed by atoms with E-state index < -0.39 is 23.5 Å².